The van der Waals surface area contributed by atoms with Gasteiger partial charge >= 0.3 is 0 Å². The number of methoxy groups -OCH3 is 1. The Morgan fingerprint density at radius 1 is 1.11 bits per heavy atom. The van der Waals surface area contributed by atoms with Crippen LogP contribution in [0.1, 0.15) is 5.56 Å². The molecule has 1 saturated heterocycles. The molecule has 0 unspecified atom stereocenters. The van der Waals surface area contributed by atoms with Crippen LogP contribution >= 0.6 is 0 Å². The molecule has 3 rings (SSSR count). The highest BCUT2D eigenvalue weighted by atomic mass is 32.2. The van der Waals surface area contributed by atoms with Crippen molar-refractivity contribution in [3.05, 3.63) is 59.9 Å². The predicted octanol–water partition coefficient (Wildman–Crippen LogP) is 1.56. The Labute approximate surface area is 158 Å². The fourth-order valence-corrected chi connectivity index (χ4v) is 7.92. The Hall–Kier alpha value is -1.97. The number of hydrogen-bond donors (Lipinski definition) is 1. The minimum absolute atomic E-state index is 0.0879. The van der Waals surface area contributed by atoms with Gasteiger partial charge < -0.3 is 10.1 Å². The fraction of sp³-hybridized carbons (Fsp3) is 0.333. The minimum atomic E-state index is -3.94. The van der Waals surface area contributed by atoms with Gasteiger partial charge in [-0.3, -0.25) is 0 Å². The molecule has 1 N–H and O–H groups in total. The smallest absolute Gasteiger partial charge is 0.183 e. The van der Waals surface area contributed by atoms with Crippen molar-refractivity contribution in [3.63, 3.8) is 0 Å². The van der Waals surface area contributed by atoms with E-state index in [1.165, 1.54) is 7.11 Å². The van der Waals surface area contributed by atoms with Crippen LogP contribution in [0, 0.1) is 5.82 Å². The molecular formula is C18H20FNO5S2. The van der Waals surface area contributed by atoms with Crippen LogP contribution in [0.4, 0.5) is 4.39 Å². The summed E-state index contributed by atoms with van der Waals surface area (Å²) in [4.78, 5) is -0.0879. The number of ether oxygens (including phenoxy) is 1. The summed E-state index contributed by atoms with van der Waals surface area (Å²) in [5.74, 6) is -0.661. The lowest BCUT2D eigenvalue weighted by Crippen LogP contribution is -2.43. The second-order valence-corrected chi connectivity index (χ2v) is 10.7. The van der Waals surface area contributed by atoms with Crippen molar-refractivity contribution in [2.45, 2.75) is 22.7 Å². The molecule has 0 aromatic heterocycles. The number of hydrogen-bond acceptors (Lipinski definition) is 6. The maximum Gasteiger partial charge on any atom is 0.183 e. The van der Waals surface area contributed by atoms with Gasteiger partial charge in [-0.2, -0.15) is 0 Å². The van der Waals surface area contributed by atoms with Crippen LogP contribution in [0.3, 0.4) is 0 Å². The summed E-state index contributed by atoms with van der Waals surface area (Å²) in [5, 5.41) is 1.92. The molecule has 1 aliphatic heterocycles. The number of sulfone groups is 2. The van der Waals surface area contributed by atoms with Gasteiger partial charge in [0, 0.05) is 18.2 Å². The molecule has 0 spiro atoms. The lowest BCUT2D eigenvalue weighted by atomic mass is 10.1. The fourth-order valence-electron chi connectivity index (χ4n) is 3.20. The van der Waals surface area contributed by atoms with Crippen LogP contribution in [0.5, 0.6) is 5.75 Å². The largest absolute Gasteiger partial charge is 0.496 e. The normalized spacial score (nSPS) is 21.9. The second kappa shape index (κ2) is 7.57. The molecule has 1 fully saturated rings. The molecule has 2 aromatic rings. The van der Waals surface area contributed by atoms with Crippen LogP contribution in [-0.4, -0.2) is 46.7 Å². The van der Waals surface area contributed by atoms with Crippen LogP contribution in [-0.2, 0) is 26.2 Å². The summed E-state index contributed by atoms with van der Waals surface area (Å²) >= 11 is 0. The zero-order valence-corrected chi connectivity index (χ0v) is 16.3. The highest BCUT2D eigenvalue weighted by molar-refractivity contribution is 7.96. The van der Waals surface area contributed by atoms with E-state index >= 15 is 0 Å². The van der Waals surface area contributed by atoms with Gasteiger partial charge in [-0.25, -0.2) is 21.2 Å². The summed E-state index contributed by atoms with van der Waals surface area (Å²) in [7, 11) is -5.92. The van der Waals surface area contributed by atoms with Crippen molar-refractivity contribution in [1.82, 2.24) is 5.32 Å². The molecular weight excluding hydrogens is 393 g/mol. The molecule has 0 amide bonds. The molecule has 2 aromatic carbocycles. The van der Waals surface area contributed by atoms with E-state index < -0.39 is 42.5 Å². The van der Waals surface area contributed by atoms with E-state index in [0.29, 0.717) is 5.75 Å². The van der Waals surface area contributed by atoms with Crippen LogP contribution in [0.15, 0.2) is 53.4 Å². The summed E-state index contributed by atoms with van der Waals surface area (Å²) in [5.41, 5.74) is 0.794. The molecule has 2 atom stereocenters. The first-order chi connectivity index (χ1) is 12.7. The molecule has 1 heterocycles. The van der Waals surface area contributed by atoms with Crippen molar-refractivity contribution >= 4 is 19.7 Å². The highest BCUT2D eigenvalue weighted by Gasteiger charge is 2.45. The van der Waals surface area contributed by atoms with E-state index in [-0.39, 0.29) is 17.2 Å². The van der Waals surface area contributed by atoms with Crippen molar-refractivity contribution in [3.8, 4) is 5.75 Å². The van der Waals surface area contributed by atoms with Crippen molar-refractivity contribution in [1.29, 1.82) is 0 Å². The van der Waals surface area contributed by atoms with Crippen molar-refractivity contribution in [2.24, 2.45) is 0 Å². The van der Waals surface area contributed by atoms with Gasteiger partial charge in [0.2, 0.25) is 0 Å². The topological polar surface area (TPSA) is 89.5 Å². The molecule has 27 heavy (non-hydrogen) atoms. The number of rotatable bonds is 6. The molecule has 0 aliphatic carbocycles. The molecule has 1 aliphatic rings. The number of nitrogens with one attached hydrogen (secondary N) is 1. The van der Waals surface area contributed by atoms with Crippen molar-refractivity contribution in [2.75, 3.05) is 18.6 Å². The average Bonchev–Trinajstić information content (AvgIpc) is 2.96. The summed E-state index contributed by atoms with van der Waals surface area (Å²) in [6, 6.07) is 10.9. The zero-order valence-electron chi connectivity index (χ0n) is 14.6. The maximum absolute atomic E-state index is 13.1. The third-order valence-corrected chi connectivity index (χ3v) is 8.75. The number of para-hydroxylation sites is 1. The maximum atomic E-state index is 13.1. The van der Waals surface area contributed by atoms with Gasteiger partial charge in [0.05, 0.1) is 28.8 Å². The van der Waals surface area contributed by atoms with Gasteiger partial charge in [-0.15, -0.1) is 0 Å². The predicted molar refractivity (Wildman–Crippen MR) is 99.6 cm³/mol. The Morgan fingerprint density at radius 2 is 1.78 bits per heavy atom. The van der Waals surface area contributed by atoms with Crippen LogP contribution in [0.2, 0.25) is 0 Å². The zero-order chi connectivity index (χ0) is 19.7. The number of benzene rings is 2. The Kier molecular flexibility index (Phi) is 5.55. The minimum Gasteiger partial charge on any atom is -0.496 e. The van der Waals surface area contributed by atoms with Crippen molar-refractivity contribution < 1.29 is 26.0 Å². The molecule has 146 valence electrons. The first kappa shape index (κ1) is 19.8. The SMILES string of the molecule is COc1ccccc1CN[C@H]1CS(=O)(=O)C[C@@H]1S(=O)(=O)c1ccc(F)cc1. The van der Waals surface area contributed by atoms with Gasteiger partial charge in [0.1, 0.15) is 11.6 Å². The standard InChI is InChI=1S/C18H20FNO5S2/c1-25-17-5-3-2-4-13(17)10-20-16-11-26(21,22)12-18(16)27(23,24)15-8-6-14(19)7-9-15/h2-9,16,18,20H,10-12H2,1H3/t16-,18-/m0/s1. The Balaban J connectivity index is 1.86. The Morgan fingerprint density at radius 3 is 2.44 bits per heavy atom. The van der Waals surface area contributed by atoms with E-state index in [9.17, 15) is 21.2 Å². The molecule has 0 radical (unpaired) electrons. The molecule has 6 nitrogen and oxygen atoms in total. The van der Waals surface area contributed by atoms with Crippen LogP contribution < -0.4 is 10.1 Å². The molecule has 9 heteroatoms. The molecule has 0 bridgehead atoms. The summed E-state index contributed by atoms with van der Waals surface area (Å²) in [6.07, 6.45) is 0. The lowest BCUT2D eigenvalue weighted by Gasteiger charge is -2.20. The lowest BCUT2D eigenvalue weighted by molar-refractivity contribution is 0.406. The van der Waals surface area contributed by atoms with E-state index in [2.05, 4.69) is 5.32 Å². The van der Waals surface area contributed by atoms with E-state index in [1.807, 2.05) is 18.2 Å². The summed E-state index contributed by atoms with van der Waals surface area (Å²) in [6.45, 7) is 0.264. The quantitative estimate of drug-likeness (QED) is 0.723. The second-order valence-electron chi connectivity index (χ2n) is 6.41. The number of halogens is 1. The van der Waals surface area contributed by atoms with Gasteiger partial charge in [0.15, 0.2) is 19.7 Å². The highest BCUT2D eigenvalue weighted by Crippen LogP contribution is 2.27. The van der Waals surface area contributed by atoms with E-state index in [0.717, 1.165) is 29.8 Å². The third kappa shape index (κ3) is 4.31. The first-order valence-corrected chi connectivity index (χ1v) is 11.6. The third-order valence-electron chi connectivity index (χ3n) is 4.59. The Bertz CT molecular complexity index is 1020. The van der Waals surface area contributed by atoms with Gasteiger partial charge in [-0.1, -0.05) is 18.2 Å². The summed E-state index contributed by atoms with van der Waals surface area (Å²) < 4.78 is 68.5. The average molecular weight is 413 g/mol. The van der Waals surface area contributed by atoms with Crippen LogP contribution in [0.25, 0.3) is 0 Å². The monoisotopic (exact) mass is 413 g/mol. The van der Waals surface area contributed by atoms with Gasteiger partial charge in [0.25, 0.3) is 0 Å². The van der Waals surface area contributed by atoms with E-state index in [1.54, 1.807) is 6.07 Å². The van der Waals surface area contributed by atoms with Gasteiger partial charge in [-0.05, 0) is 30.3 Å². The first-order valence-electron chi connectivity index (χ1n) is 8.28. The molecule has 0 saturated carbocycles. The van der Waals surface area contributed by atoms with E-state index in [4.69, 9.17) is 4.74 Å².